The number of rotatable bonds is 4. The van der Waals surface area contributed by atoms with Crippen LogP contribution in [0.5, 0.6) is 0 Å². The summed E-state index contributed by atoms with van der Waals surface area (Å²) in [6.07, 6.45) is 1.74. The van der Waals surface area contributed by atoms with E-state index < -0.39 is 5.97 Å². The molecule has 1 N–H and O–H groups in total. The Morgan fingerprint density at radius 2 is 1.93 bits per heavy atom. The number of amides is 1. The Labute approximate surface area is 93.3 Å². The van der Waals surface area contributed by atoms with E-state index in [1.54, 1.807) is 4.90 Å². The molecule has 1 rings (SSSR count). The van der Waals surface area contributed by atoms with Gasteiger partial charge in [0.05, 0.1) is 11.5 Å². The van der Waals surface area contributed by atoms with Crippen LogP contribution in [0.25, 0.3) is 0 Å². The number of likely N-dealkylation sites (tertiary alicyclic amines) is 1. The second-order valence-electron chi connectivity index (χ2n) is 3.52. The molecule has 0 aliphatic carbocycles. The molecule has 1 fully saturated rings. The predicted octanol–water partition coefficient (Wildman–Crippen LogP) is 0.983. The molecule has 1 heterocycles. The van der Waals surface area contributed by atoms with E-state index in [0.29, 0.717) is 0 Å². The molecule has 0 bridgehead atoms. The number of carbonyl (C=O) groups excluding carboxylic acids is 1. The van der Waals surface area contributed by atoms with E-state index in [9.17, 15) is 9.59 Å². The molecular formula is C10H15NO3S. The van der Waals surface area contributed by atoms with E-state index in [1.807, 2.05) is 0 Å². The number of aliphatic carboxylic acids is 1. The summed E-state index contributed by atoms with van der Waals surface area (Å²) in [5.74, 6) is -0.584. The Bertz CT molecular complexity index is 268. The van der Waals surface area contributed by atoms with E-state index in [-0.39, 0.29) is 17.4 Å². The number of carboxylic acids is 1. The fraction of sp³-hybridized carbons (Fsp3) is 0.600. The van der Waals surface area contributed by atoms with Crippen molar-refractivity contribution in [3.05, 3.63) is 12.2 Å². The van der Waals surface area contributed by atoms with Crippen molar-refractivity contribution in [2.24, 2.45) is 0 Å². The number of hydrogen-bond acceptors (Lipinski definition) is 3. The summed E-state index contributed by atoms with van der Waals surface area (Å²) in [5.41, 5.74) is 1.19. The van der Waals surface area contributed by atoms with Gasteiger partial charge in [-0.3, -0.25) is 9.59 Å². The Hall–Kier alpha value is -0.970. The lowest BCUT2D eigenvalue weighted by Gasteiger charge is -2.27. The van der Waals surface area contributed by atoms with Gasteiger partial charge in [0, 0.05) is 13.1 Å². The minimum absolute atomic E-state index is 0.00765. The third-order valence-electron chi connectivity index (χ3n) is 2.27. The van der Waals surface area contributed by atoms with E-state index >= 15 is 0 Å². The maximum Gasteiger partial charge on any atom is 0.313 e. The molecule has 0 aromatic carbocycles. The lowest BCUT2D eigenvalue weighted by molar-refractivity contribution is -0.133. The monoisotopic (exact) mass is 229 g/mol. The standard InChI is InChI=1S/C10H15NO3S/c1-8-2-4-11(5-3-8)9(12)6-15-7-10(13)14/h1-7H2,(H,13,14). The lowest BCUT2D eigenvalue weighted by atomic mass is 10.1. The molecule has 0 saturated carbocycles. The van der Waals surface area contributed by atoms with E-state index in [1.165, 1.54) is 5.57 Å². The first-order valence-electron chi connectivity index (χ1n) is 4.83. The summed E-state index contributed by atoms with van der Waals surface area (Å²) in [4.78, 5) is 23.6. The Balaban J connectivity index is 2.22. The van der Waals surface area contributed by atoms with E-state index in [4.69, 9.17) is 5.11 Å². The van der Waals surface area contributed by atoms with Crippen LogP contribution in [-0.4, -0.2) is 46.5 Å². The fourth-order valence-corrected chi connectivity index (χ4v) is 2.02. The summed E-state index contributed by atoms with van der Waals surface area (Å²) in [6.45, 7) is 5.33. The molecule has 1 aliphatic heterocycles. The van der Waals surface area contributed by atoms with Crippen LogP contribution >= 0.6 is 11.8 Å². The van der Waals surface area contributed by atoms with Crippen LogP contribution in [0.1, 0.15) is 12.8 Å². The SMILES string of the molecule is C=C1CCN(C(=O)CSCC(=O)O)CC1. The predicted molar refractivity (Wildman–Crippen MR) is 59.9 cm³/mol. The van der Waals surface area contributed by atoms with Gasteiger partial charge in [0.15, 0.2) is 0 Å². The average molecular weight is 229 g/mol. The summed E-state index contributed by atoms with van der Waals surface area (Å²) in [7, 11) is 0. The van der Waals surface area contributed by atoms with Crippen molar-refractivity contribution in [3.8, 4) is 0 Å². The van der Waals surface area contributed by atoms with Crippen molar-refractivity contribution < 1.29 is 14.7 Å². The van der Waals surface area contributed by atoms with Crippen LogP contribution in [0.3, 0.4) is 0 Å². The number of piperidine rings is 1. The Morgan fingerprint density at radius 1 is 1.33 bits per heavy atom. The first-order valence-corrected chi connectivity index (χ1v) is 5.99. The van der Waals surface area contributed by atoms with Crippen LogP contribution in [0.15, 0.2) is 12.2 Å². The molecular weight excluding hydrogens is 214 g/mol. The molecule has 0 spiro atoms. The first-order chi connectivity index (χ1) is 7.09. The zero-order chi connectivity index (χ0) is 11.3. The average Bonchev–Trinajstić information content (AvgIpc) is 2.18. The van der Waals surface area contributed by atoms with Crippen molar-refractivity contribution in [1.82, 2.24) is 4.90 Å². The van der Waals surface area contributed by atoms with Gasteiger partial charge in [-0.05, 0) is 12.8 Å². The highest BCUT2D eigenvalue weighted by atomic mass is 32.2. The van der Waals surface area contributed by atoms with E-state index in [2.05, 4.69) is 6.58 Å². The number of carbonyl (C=O) groups is 2. The molecule has 1 aliphatic rings. The van der Waals surface area contributed by atoms with Crippen molar-refractivity contribution in [3.63, 3.8) is 0 Å². The van der Waals surface area contributed by atoms with Gasteiger partial charge >= 0.3 is 5.97 Å². The largest absolute Gasteiger partial charge is 0.481 e. The normalized spacial score (nSPS) is 16.5. The third-order valence-corrected chi connectivity index (χ3v) is 3.18. The third kappa shape index (κ3) is 4.38. The molecule has 84 valence electrons. The summed E-state index contributed by atoms with van der Waals surface area (Å²) >= 11 is 1.15. The number of thioether (sulfide) groups is 1. The summed E-state index contributed by atoms with van der Waals surface area (Å²) in [6, 6.07) is 0. The zero-order valence-corrected chi connectivity index (χ0v) is 9.39. The second-order valence-corrected chi connectivity index (χ2v) is 4.50. The van der Waals surface area contributed by atoms with Gasteiger partial charge in [-0.25, -0.2) is 0 Å². The number of hydrogen-bond donors (Lipinski definition) is 1. The maximum absolute atomic E-state index is 11.6. The van der Waals surface area contributed by atoms with Crippen LogP contribution in [-0.2, 0) is 9.59 Å². The van der Waals surface area contributed by atoms with Crippen molar-refractivity contribution >= 4 is 23.6 Å². The van der Waals surface area contributed by atoms with Crippen molar-refractivity contribution in [2.75, 3.05) is 24.6 Å². The van der Waals surface area contributed by atoms with Gasteiger partial charge in [-0.1, -0.05) is 12.2 Å². The molecule has 4 nitrogen and oxygen atoms in total. The molecule has 0 aromatic rings. The van der Waals surface area contributed by atoms with Crippen LogP contribution in [0.2, 0.25) is 0 Å². The highest BCUT2D eigenvalue weighted by Crippen LogP contribution is 2.15. The quantitative estimate of drug-likeness (QED) is 0.730. The van der Waals surface area contributed by atoms with Crippen LogP contribution in [0.4, 0.5) is 0 Å². The van der Waals surface area contributed by atoms with Crippen molar-refractivity contribution in [2.45, 2.75) is 12.8 Å². The smallest absolute Gasteiger partial charge is 0.313 e. The minimum atomic E-state index is -0.875. The highest BCUT2D eigenvalue weighted by Gasteiger charge is 2.17. The van der Waals surface area contributed by atoms with Gasteiger partial charge < -0.3 is 10.0 Å². The number of nitrogens with zero attached hydrogens (tertiary/aromatic N) is 1. The molecule has 0 aromatic heterocycles. The summed E-state index contributed by atoms with van der Waals surface area (Å²) < 4.78 is 0. The lowest BCUT2D eigenvalue weighted by Crippen LogP contribution is -2.37. The molecule has 0 radical (unpaired) electrons. The van der Waals surface area contributed by atoms with Gasteiger partial charge in [0.1, 0.15) is 0 Å². The molecule has 1 amide bonds. The Kier molecular flexibility index (Phi) is 4.68. The summed E-state index contributed by atoms with van der Waals surface area (Å²) in [5, 5.41) is 8.41. The van der Waals surface area contributed by atoms with Gasteiger partial charge in [0.25, 0.3) is 0 Å². The fourth-order valence-electron chi connectivity index (χ4n) is 1.39. The van der Waals surface area contributed by atoms with Crippen molar-refractivity contribution in [1.29, 1.82) is 0 Å². The van der Waals surface area contributed by atoms with E-state index in [0.717, 1.165) is 37.7 Å². The van der Waals surface area contributed by atoms with Gasteiger partial charge in [-0.2, -0.15) is 0 Å². The topological polar surface area (TPSA) is 57.6 Å². The molecule has 5 heteroatoms. The second kappa shape index (κ2) is 5.80. The Morgan fingerprint density at radius 3 is 2.47 bits per heavy atom. The van der Waals surface area contributed by atoms with Gasteiger partial charge in [-0.15, -0.1) is 11.8 Å². The molecule has 0 atom stereocenters. The molecule has 1 saturated heterocycles. The molecule has 0 unspecified atom stereocenters. The number of carboxylic acid groups (broad SMARTS) is 1. The zero-order valence-electron chi connectivity index (χ0n) is 8.57. The van der Waals surface area contributed by atoms with Gasteiger partial charge in [0.2, 0.25) is 5.91 Å². The highest BCUT2D eigenvalue weighted by molar-refractivity contribution is 8.00. The van der Waals surface area contributed by atoms with Crippen LogP contribution in [0, 0.1) is 0 Å². The first kappa shape index (κ1) is 12.1. The molecule has 15 heavy (non-hydrogen) atoms. The maximum atomic E-state index is 11.6. The minimum Gasteiger partial charge on any atom is -0.481 e. The van der Waals surface area contributed by atoms with Crippen LogP contribution < -0.4 is 0 Å².